The van der Waals surface area contributed by atoms with E-state index in [0.29, 0.717) is 44.7 Å². The summed E-state index contributed by atoms with van der Waals surface area (Å²) in [7, 11) is 1.49. The highest BCUT2D eigenvalue weighted by Gasteiger charge is 2.24. The molecule has 1 N–H and O–H groups in total. The number of aryl methyl sites for hydroxylation is 3. The molecule has 2 aromatic heterocycles. The van der Waals surface area contributed by atoms with Crippen molar-refractivity contribution in [3.05, 3.63) is 52.0 Å². The van der Waals surface area contributed by atoms with Crippen LogP contribution in [0.5, 0.6) is 6.01 Å². The highest BCUT2D eigenvalue weighted by molar-refractivity contribution is 6.33. The fourth-order valence-electron chi connectivity index (χ4n) is 2.61. The second-order valence-electron chi connectivity index (χ2n) is 5.65. The van der Waals surface area contributed by atoms with Crippen LogP contribution in [0.15, 0.2) is 28.8 Å². The van der Waals surface area contributed by atoms with Gasteiger partial charge in [0.2, 0.25) is 0 Å². The molecule has 0 atom stereocenters. The first-order valence-corrected chi connectivity index (χ1v) is 8.22. The van der Waals surface area contributed by atoms with Crippen LogP contribution in [0.1, 0.15) is 27.5 Å². The third kappa shape index (κ3) is 3.25. The molecule has 0 bridgehead atoms. The quantitative estimate of drug-likeness (QED) is 0.745. The normalized spacial score (nSPS) is 10.7. The molecule has 0 saturated heterocycles. The zero-order chi connectivity index (χ0) is 18.8. The summed E-state index contributed by atoms with van der Waals surface area (Å²) in [5, 5.41) is 7.33. The van der Waals surface area contributed by atoms with E-state index in [2.05, 4.69) is 20.4 Å². The topological polar surface area (TPSA) is 90.1 Å². The lowest BCUT2D eigenvalue weighted by molar-refractivity contribution is 0.102. The molecule has 1 amide bonds. The number of carbonyl (C=O) groups excluding carboxylic acids is 1. The van der Waals surface area contributed by atoms with E-state index >= 15 is 0 Å². The van der Waals surface area contributed by atoms with Gasteiger partial charge in [0.15, 0.2) is 0 Å². The highest BCUT2D eigenvalue weighted by atomic mass is 35.5. The number of hydrogen-bond donors (Lipinski definition) is 1. The highest BCUT2D eigenvalue weighted by Crippen LogP contribution is 2.32. The summed E-state index contributed by atoms with van der Waals surface area (Å²) in [6, 6.07) is 7.38. The molecule has 0 fully saturated rings. The minimum absolute atomic E-state index is 0.246. The Morgan fingerprint density at radius 2 is 1.81 bits per heavy atom. The Labute approximate surface area is 155 Å². The molecule has 0 aliphatic carbocycles. The number of anilines is 1. The largest absolute Gasteiger partial charge is 0.467 e. The first kappa shape index (κ1) is 17.9. The zero-order valence-corrected chi connectivity index (χ0v) is 15.5. The van der Waals surface area contributed by atoms with Gasteiger partial charge >= 0.3 is 6.01 Å². The third-order valence-corrected chi connectivity index (χ3v) is 4.22. The van der Waals surface area contributed by atoms with Crippen LogP contribution < -0.4 is 10.1 Å². The van der Waals surface area contributed by atoms with Gasteiger partial charge in [-0.2, -0.15) is 9.97 Å². The van der Waals surface area contributed by atoms with Crippen molar-refractivity contribution in [1.82, 2.24) is 15.1 Å². The van der Waals surface area contributed by atoms with Gasteiger partial charge in [-0.1, -0.05) is 35.0 Å². The number of halogens is 1. The summed E-state index contributed by atoms with van der Waals surface area (Å²) >= 11 is 6.24. The Balaban J connectivity index is 2.00. The monoisotopic (exact) mass is 372 g/mol. The predicted molar refractivity (Wildman–Crippen MR) is 97.7 cm³/mol. The smallest absolute Gasteiger partial charge is 0.316 e. The van der Waals surface area contributed by atoms with Crippen molar-refractivity contribution in [2.45, 2.75) is 20.8 Å². The summed E-state index contributed by atoms with van der Waals surface area (Å²) in [5.74, 6) is 0.0146. The Bertz CT molecular complexity index is 961. The minimum atomic E-state index is -0.376. The Hall–Kier alpha value is -2.93. The van der Waals surface area contributed by atoms with Crippen molar-refractivity contribution in [1.29, 1.82) is 0 Å². The molecule has 1 aromatic carbocycles. The second kappa shape index (κ2) is 7.13. The number of methoxy groups -OCH3 is 1. The van der Waals surface area contributed by atoms with Crippen LogP contribution in [0.2, 0.25) is 5.02 Å². The third-order valence-electron chi connectivity index (χ3n) is 3.89. The zero-order valence-electron chi connectivity index (χ0n) is 14.8. The van der Waals surface area contributed by atoms with Crippen LogP contribution in [0.3, 0.4) is 0 Å². The van der Waals surface area contributed by atoms with Crippen molar-refractivity contribution in [2.24, 2.45) is 0 Å². The van der Waals surface area contributed by atoms with Crippen molar-refractivity contribution in [2.75, 3.05) is 12.4 Å². The molecule has 3 aromatic rings. The number of nitrogens with zero attached hydrogens (tertiary/aromatic N) is 3. The van der Waals surface area contributed by atoms with E-state index in [1.54, 1.807) is 39.0 Å². The molecule has 3 rings (SSSR count). The van der Waals surface area contributed by atoms with E-state index in [9.17, 15) is 4.79 Å². The molecule has 0 aliphatic heterocycles. The molecule has 8 heteroatoms. The van der Waals surface area contributed by atoms with Gasteiger partial charge in [-0.05, 0) is 26.8 Å². The molecule has 0 aliphatic rings. The number of ether oxygens (including phenoxy) is 1. The van der Waals surface area contributed by atoms with Crippen molar-refractivity contribution in [3.63, 3.8) is 0 Å². The van der Waals surface area contributed by atoms with Crippen LogP contribution in [0.4, 0.5) is 5.69 Å². The van der Waals surface area contributed by atoms with Gasteiger partial charge in [-0.25, -0.2) is 0 Å². The van der Waals surface area contributed by atoms with Crippen LogP contribution in [0.25, 0.3) is 11.3 Å². The lowest BCUT2D eigenvalue weighted by atomic mass is 10.1. The van der Waals surface area contributed by atoms with Gasteiger partial charge in [-0.15, -0.1) is 0 Å². The van der Waals surface area contributed by atoms with Crippen LogP contribution in [0, 0.1) is 20.8 Å². The van der Waals surface area contributed by atoms with E-state index in [1.807, 2.05) is 6.07 Å². The van der Waals surface area contributed by atoms with Gasteiger partial charge in [0, 0.05) is 5.56 Å². The van der Waals surface area contributed by atoms with Gasteiger partial charge in [0.1, 0.15) is 17.0 Å². The summed E-state index contributed by atoms with van der Waals surface area (Å²) in [4.78, 5) is 21.3. The van der Waals surface area contributed by atoms with Crippen LogP contribution in [-0.2, 0) is 0 Å². The standard InChI is InChI=1S/C18H17ClN4O3/c1-9-15(10(2)21-18(20-9)25-4)22-17(24)14-11(3)26-23-16(14)12-7-5-6-8-13(12)19/h5-8H,1-4H3,(H,22,24). The molecule has 0 unspecified atom stereocenters. The number of amides is 1. The Kier molecular flexibility index (Phi) is 4.90. The molecule has 2 heterocycles. The number of hydrogen-bond acceptors (Lipinski definition) is 6. The number of aromatic nitrogens is 3. The lowest BCUT2D eigenvalue weighted by Gasteiger charge is -2.12. The fraction of sp³-hybridized carbons (Fsp3) is 0.222. The lowest BCUT2D eigenvalue weighted by Crippen LogP contribution is -2.16. The molecule has 134 valence electrons. The number of rotatable bonds is 4. The molecule has 0 spiro atoms. The van der Waals surface area contributed by atoms with Crippen molar-refractivity contribution >= 4 is 23.2 Å². The minimum Gasteiger partial charge on any atom is -0.467 e. The summed E-state index contributed by atoms with van der Waals surface area (Å²) in [6.45, 7) is 5.21. The molecule has 0 radical (unpaired) electrons. The van der Waals surface area contributed by atoms with E-state index in [1.165, 1.54) is 7.11 Å². The second-order valence-corrected chi connectivity index (χ2v) is 6.06. The van der Waals surface area contributed by atoms with Crippen LogP contribution in [-0.4, -0.2) is 28.1 Å². The Morgan fingerprint density at radius 1 is 1.15 bits per heavy atom. The Morgan fingerprint density at radius 3 is 2.42 bits per heavy atom. The van der Waals surface area contributed by atoms with Gasteiger partial charge in [0.05, 0.1) is 29.2 Å². The fourth-order valence-corrected chi connectivity index (χ4v) is 2.84. The van der Waals surface area contributed by atoms with Gasteiger partial charge in [-0.3, -0.25) is 4.79 Å². The molecular formula is C18H17ClN4O3. The average molecular weight is 373 g/mol. The van der Waals surface area contributed by atoms with E-state index < -0.39 is 0 Å². The molecular weight excluding hydrogens is 356 g/mol. The van der Waals surface area contributed by atoms with E-state index in [-0.39, 0.29) is 11.9 Å². The number of carbonyl (C=O) groups is 1. The maximum absolute atomic E-state index is 12.9. The predicted octanol–water partition coefficient (Wildman–Crippen LogP) is 3.97. The number of nitrogens with one attached hydrogen (secondary N) is 1. The SMILES string of the molecule is COc1nc(C)c(NC(=O)c2c(-c3ccccc3Cl)noc2C)c(C)n1. The first-order valence-electron chi connectivity index (χ1n) is 7.84. The van der Waals surface area contributed by atoms with Crippen molar-refractivity contribution < 1.29 is 14.1 Å². The first-order chi connectivity index (χ1) is 12.4. The van der Waals surface area contributed by atoms with E-state index in [4.69, 9.17) is 20.9 Å². The van der Waals surface area contributed by atoms with Crippen molar-refractivity contribution in [3.8, 4) is 17.3 Å². The summed E-state index contributed by atoms with van der Waals surface area (Å²) < 4.78 is 10.3. The maximum Gasteiger partial charge on any atom is 0.316 e. The summed E-state index contributed by atoms with van der Waals surface area (Å²) in [6.07, 6.45) is 0. The molecule has 7 nitrogen and oxygen atoms in total. The molecule has 26 heavy (non-hydrogen) atoms. The van der Waals surface area contributed by atoms with Gasteiger partial charge in [0.25, 0.3) is 5.91 Å². The maximum atomic E-state index is 12.9. The summed E-state index contributed by atoms with van der Waals surface area (Å²) in [5.41, 5.74) is 3.02. The van der Waals surface area contributed by atoms with Crippen LogP contribution >= 0.6 is 11.6 Å². The number of benzene rings is 1. The average Bonchev–Trinajstić information content (AvgIpc) is 2.99. The van der Waals surface area contributed by atoms with E-state index in [0.717, 1.165) is 0 Å². The molecule has 0 saturated carbocycles. The van der Waals surface area contributed by atoms with Gasteiger partial charge < -0.3 is 14.6 Å².